The highest BCUT2D eigenvalue weighted by molar-refractivity contribution is 8.13. The zero-order valence-electron chi connectivity index (χ0n) is 10.2. The highest BCUT2D eigenvalue weighted by Gasteiger charge is 2.17. The van der Waals surface area contributed by atoms with Crippen LogP contribution in [0.5, 0.6) is 0 Å². The largest absolute Gasteiger partial charge is 0.449 e. The van der Waals surface area contributed by atoms with Gasteiger partial charge in [0.25, 0.3) is 9.05 Å². The fourth-order valence-electron chi connectivity index (χ4n) is 1.72. The van der Waals surface area contributed by atoms with E-state index in [1.54, 1.807) is 13.8 Å². The van der Waals surface area contributed by atoms with E-state index in [4.69, 9.17) is 15.1 Å². The lowest BCUT2D eigenvalue weighted by atomic mass is 10.0. The van der Waals surface area contributed by atoms with Crippen molar-refractivity contribution < 1.29 is 12.8 Å². The predicted molar refractivity (Wildman–Crippen MR) is 69.2 cm³/mol. The van der Waals surface area contributed by atoms with Gasteiger partial charge in [-0.05, 0) is 37.1 Å². The fourth-order valence-corrected chi connectivity index (χ4v) is 3.00. The molecule has 4 nitrogen and oxygen atoms in total. The number of hydrogen-bond donors (Lipinski definition) is 0. The van der Waals surface area contributed by atoms with Crippen molar-refractivity contribution >= 4 is 19.7 Å². The summed E-state index contributed by atoms with van der Waals surface area (Å²) in [6.07, 6.45) is 1.49. The molecule has 2 aromatic rings. The van der Waals surface area contributed by atoms with E-state index >= 15 is 0 Å². The van der Waals surface area contributed by atoms with Crippen LogP contribution in [-0.4, -0.2) is 13.4 Å². The molecule has 0 spiro atoms. The van der Waals surface area contributed by atoms with Gasteiger partial charge in [0.05, 0.1) is 4.90 Å². The van der Waals surface area contributed by atoms with E-state index in [1.165, 1.54) is 12.3 Å². The van der Waals surface area contributed by atoms with Crippen molar-refractivity contribution in [1.82, 2.24) is 4.98 Å². The maximum Gasteiger partial charge on any atom is 0.261 e. The van der Waals surface area contributed by atoms with Crippen LogP contribution in [0.25, 0.3) is 11.3 Å². The second kappa shape index (κ2) is 4.40. The second-order valence-electron chi connectivity index (χ2n) is 4.11. The number of hydrogen-bond acceptors (Lipinski definition) is 4. The first-order valence-corrected chi connectivity index (χ1v) is 7.58. The van der Waals surface area contributed by atoms with E-state index in [9.17, 15) is 8.42 Å². The van der Waals surface area contributed by atoms with Gasteiger partial charge < -0.3 is 4.42 Å². The Morgan fingerprint density at radius 3 is 2.39 bits per heavy atom. The third kappa shape index (κ3) is 2.42. The monoisotopic (exact) mass is 285 g/mol. The van der Waals surface area contributed by atoms with Crippen LogP contribution in [0, 0.1) is 20.8 Å². The van der Waals surface area contributed by atoms with Crippen LogP contribution >= 0.6 is 10.7 Å². The molecule has 96 valence electrons. The minimum Gasteiger partial charge on any atom is -0.449 e. The van der Waals surface area contributed by atoms with Gasteiger partial charge >= 0.3 is 0 Å². The van der Waals surface area contributed by atoms with Gasteiger partial charge in [0.2, 0.25) is 0 Å². The highest BCUT2D eigenvalue weighted by atomic mass is 35.7. The summed E-state index contributed by atoms with van der Waals surface area (Å²) in [5.41, 5.74) is 2.76. The van der Waals surface area contributed by atoms with Gasteiger partial charge in [-0.25, -0.2) is 13.4 Å². The van der Waals surface area contributed by atoms with Crippen LogP contribution in [-0.2, 0) is 9.05 Å². The van der Waals surface area contributed by atoms with Crippen molar-refractivity contribution in [3.8, 4) is 11.3 Å². The molecule has 18 heavy (non-hydrogen) atoms. The quantitative estimate of drug-likeness (QED) is 0.795. The van der Waals surface area contributed by atoms with Crippen LogP contribution in [0.1, 0.15) is 17.0 Å². The maximum absolute atomic E-state index is 11.5. The summed E-state index contributed by atoms with van der Waals surface area (Å²) in [5, 5.41) is 0. The van der Waals surface area contributed by atoms with Gasteiger partial charge in [0.1, 0.15) is 12.0 Å². The topological polar surface area (TPSA) is 60.2 Å². The normalized spacial score (nSPS) is 11.8. The number of benzene rings is 1. The molecule has 0 bridgehead atoms. The van der Waals surface area contributed by atoms with E-state index in [0.29, 0.717) is 22.7 Å². The third-order valence-corrected chi connectivity index (χ3v) is 4.25. The van der Waals surface area contributed by atoms with Crippen molar-refractivity contribution in [1.29, 1.82) is 0 Å². The van der Waals surface area contributed by atoms with Crippen LogP contribution < -0.4 is 0 Å². The Labute approximate surface area is 110 Å². The molecule has 0 aliphatic carbocycles. The number of aromatic nitrogens is 1. The molecule has 0 saturated carbocycles. The third-order valence-electron chi connectivity index (χ3n) is 2.80. The van der Waals surface area contributed by atoms with E-state index < -0.39 is 9.05 Å². The van der Waals surface area contributed by atoms with E-state index in [1.807, 2.05) is 13.0 Å². The summed E-state index contributed by atoms with van der Waals surface area (Å²) in [5.74, 6) is 0.526. The number of nitrogens with zero attached hydrogens (tertiary/aromatic N) is 1. The molecule has 0 aliphatic rings. The van der Waals surface area contributed by atoms with Gasteiger partial charge in [-0.1, -0.05) is 0 Å². The maximum atomic E-state index is 11.5. The molecular weight excluding hydrogens is 274 g/mol. The van der Waals surface area contributed by atoms with Gasteiger partial charge in [0.15, 0.2) is 5.89 Å². The minimum atomic E-state index is -3.77. The number of rotatable bonds is 2. The summed E-state index contributed by atoms with van der Waals surface area (Å²) in [7, 11) is 1.66. The van der Waals surface area contributed by atoms with Crippen LogP contribution in [0.4, 0.5) is 0 Å². The van der Waals surface area contributed by atoms with Crippen LogP contribution in [0.2, 0.25) is 0 Å². The average molecular weight is 286 g/mol. The van der Waals surface area contributed by atoms with E-state index in [0.717, 1.165) is 5.56 Å². The first-order valence-electron chi connectivity index (χ1n) is 5.27. The summed E-state index contributed by atoms with van der Waals surface area (Å²) in [6.45, 7) is 5.28. The first-order chi connectivity index (χ1) is 8.29. The van der Waals surface area contributed by atoms with Gasteiger partial charge in [-0.15, -0.1) is 0 Å². The molecule has 0 unspecified atom stereocenters. The molecular formula is C12H12ClNO3S. The molecule has 0 aliphatic heterocycles. The Kier molecular flexibility index (Phi) is 3.21. The fraction of sp³-hybridized carbons (Fsp3) is 0.250. The Bertz CT molecular complexity index is 704. The van der Waals surface area contributed by atoms with Crippen molar-refractivity contribution in [3.05, 3.63) is 35.4 Å². The Morgan fingerprint density at radius 1 is 1.22 bits per heavy atom. The molecule has 0 saturated heterocycles. The van der Waals surface area contributed by atoms with Crippen molar-refractivity contribution in [2.75, 3.05) is 0 Å². The molecule has 0 amide bonds. The lowest BCUT2D eigenvalue weighted by molar-refractivity contribution is 0.521. The Morgan fingerprint density at radius 2 is 1.89 bits per heavy atom. The average Bonchev–Trinajstić information content (AvgIpc) is 2.67. The first kappa shape index (κ1) is 13.1. The minimum absolute atomic E-state index is 0.111. The number of oxazole rings is 1. The molecule has 0 N–H and O–H groups in total. The summed E-state index contributed by atoms with van der Waals surface area (Å²) in [6, 6.07) is 3.38. The molecule has 0 fully saturated rings. The molecule has 6 heteroatoms. The number of halogens is 1. The van der Waals surface area contributed by atoms with Gasteiger partial charge in [0, 0.05) is 23.2 Å². The van der Waals surface area contributed by atoms with Gasteiger partial charge in [-0.2, -0.15) is 0 Å². The molecule has 0 radical (unpaired) electrons. The summed E-state index contributed by atoms with van der Waals surface area (Å²) >= 11 is 0. The molecule has 0 atom stereocenters. The zero-order chi connectivity index (χ0) is 13.5. The Hall–Kier alpha value is -1.33. The van der Waals surface area contributed by atoms with E-state index in [2.05, 4.69) is 4.98 Å². The zero-order valence-corrected chi connectivity index (χ0v) is 11.8. The second-order valence-corrected chi connectivity index (χ2v) is 6.64. The summed E-state index contributed by atoms with van der Waals surface area (Å²) < 4.78 is 28.2. The van der Waals surface area contributed by atoms with E-state index in [-0.39, 0.29) is 4.90 Å². The highest BCUT2D eigenvalue weighted by Crippen LogP contribution is 2.29. The SMILES string of the molecule is Cc1nc(-c2cc(C)c(C)c(S(=O)(=O)Cl)c2)co1. The van der Waals surface area contributed by atoms with Gasteiger partial charge in [-0.3, -0.25) is 0 Å². The van der Waals surface area contributed by atoms with Crippen molar-refractivity contribution in [3.63, 3.8) is 0 Å². The predicted octanol–water partition coefficient (Wildman–Crippen LogP) is 3.19. The van der Waals surface area contributed by atoms with Crippen molar-refractivity contribution in [2.24, 2.45) is 0 Å². The van der Waals surface area contributed by atoms with Crippen LogP contribution in [0.3, 0.4) is 0 Å². The lowest BCUT2D eigenvalue weighted by Crippen LogP contribution is -1.98. The lowest BCUT2D eigenvalue weighted by Gasteiger charge is -2.08. The standard InChI is InChI=1S/C12H12ClNO3S/c1-7-4-10(11-6-17-9(3)14-11)5-12(8(7)2)18(13,15)16/h4-6H,1-3H3. The van der Waals surface area contributed by atoms with Crippen molar-refractivity contribution in [2.45, 2.75) is 25.7 Å². The Balaban J connectivity index is 2.69. The smallest absolute Gasteiger partial charge is 0.261 e. The number of aryl methyl sites for hydroxylation is 2. The summed E-state index contributed by atoms with van der Waals surface area (Å²) in [4.78, 5) is 4.28. The van der Waals surface area contributed by atoms with Crippen LogP contribution in [0.15, 0.2) is 27.7 Å². The molecule has 1 aromatic heterocycles. The molecule has 1 aromatic carbocycles. The molecule has 2 rings (SSSR count). The molecule has 1 heterocycles.